The van der Waals surface area contributed by atoms with E-state index in [1.54, 1.807) is 6.07 Å². The summed E-state index contributed by atoms with van der Waals surface area (Å²) in [6, 6.07) is 1.66. The van der Waals surface area contributed by atoms with Gasteiger partial charge in [-0.25, -0.2) is 4.98 Å². The maximum Gasteiger partial charge on any atom is 0.218 e. The molecule has 4 heteroatoms. The van der Waals surface area contributed by atoms with Gasteiger partial charge in [0, 0.05) is 12.5 Å². The monoisotopic (exact) mass is 195 g/mol. The van der Waals surface area contributed by atoms with E-state index >= 15 is 0 Å². The van der Waals surface area contributed by atoms with Crippen LogP contribution in [0.1, 0.15) is 32.5 Å². The Morgan fingerprint density at radius 1 is 1.36 bits per heavy atom. The normalized spacial score (nSPS) is 10.1. The molecular weight excluding hydrogens is 178 g/mol. The molecule has 0 amide bonds. The van der Waals surface area contributed by atoms with Gasteiger partial charge in [-0.15, -0.1) is 0 Å². The van der Waals surface area contributed by atoms with E-state index < -0.39 is 0 Å². The van der Waals surface area contributed by atoms with Gasteiger partial charge in [0.15, 0.2) is 0 Å². The van der Waals surface area contributed by atoms with E-state index in [4.69, 9.17) is 10.5 Å². The third-order valence-electron chi connectivity index (χ3n) is 1.83. The Balaban J connectivity index is 2.62. The fourth-order valence-electron chi connectivity index (χ4n) is 1.05. The summed E-state index contributed by atoms with van der Waals surface area (Å²) in [7, 11) is 0. The summed E-state index contributed by atoms with van der Waals surface area (Å²) in [4.78, 5) is 8.28. The lowest BCUT2D eigenvalue weighted by Gasteiger charge is -2.06. The lowest BCUT2D eigenvalue weighted by molar-refractivity contribution is 0.296. The number of unbranched alkanes of at least 4 members (excludes halogenated alkanes) is 1. The molecule has 4 nitrogen and oxygen atoms in total. The SMILES string of the molecule is CCCCOc1cc(N)nc(CC)n1. The highest BCUT2D eigenvalue weighted by molar-refractivity contribution is 5.32. The standard InChI is InChI=1S/C10H17N3O/c1-3-5-6-14-10-7-8(11)12-9(4-2)13-10/h7H,3-6H2,1-2H3,(H2,11,12,13). The van der Waals surface area contributed by atoms with E-state index in [-0.39, 0.29) is 0 Å². The number of nitrogens with zero attached hydrogens (tertiary/aromatic N) is 2. The van der Waals surface area contributed by atoms with Crippen molar-refractivity contribution in [3.05, 3.63) is 11.9 Å². The van der Waals surface area contributed by atoms with Crippen molar-refractivity contribution in [2.45, 2.75) is 33.1 Å². The van der Waals surface area contributed by atoms with Gasteiger partial charge >= 0.3 is 0 Å². The molecule has 1 heterocycles. The third kappa shape index (κ3) is 3.20. The maximum atomic E-state index is 5.61. The number of aryl methyl sites for hydroxylation is 1. The molecule has 0 aliphatic carbocycles. The molecule has 0 aliphatic rings. The first kappa shape index (κ1) is 10.8. The lowest BCUT2D eigenvalue weighted by Crippen LogP contribution is -2.04. The summed E-state index contributed by atoms with van der Waals surface area (Å²) >= 11 is 0. The van der Waals surface area contributed by atoms with Crippen LogP contribution in [0.25, 0.3) is 0 Å². The predicted molar refractivity (Wildman–Crippen MR) is 56.2 cm³/mol. The second-order valence-corrected chi connectivity index (χ2v) is 3.10. The van der Waals surface area contributed by atoms with Crippen molar-refractivity contribution >= 4 is 5.82 Å². The summed E-state index contributed by atoms with van der Waals surface area (Å²) in [6.07, 6.45) is 2.92. The minimum Gasteiger partial charge on any atom is -0.478 e. The van der Waals surface area contributed by atoms with Gasteiger partial charge in [-0.3, -0.25) is 0 Å². The summed E-state index contributed by atoms with van der Waals surface area (Å²) in [6.45, 7) is 4.80. The molecule has 0 fully saturated rings. The Morgan fingerprint density at radius 2 is 2.14 bits per heavy atom. The lowest BCUT2D eigenvalue weighted by atomic mass is 10.4. The Labute approximate surface area is 84.5 Å². The van der Waals surface area contributed by atoms with Crippen molar-refractivity contribution in [3.63, 3.8) is 0 Å². The van der Waals surface area contributed by atoms with E-state index in [0.717, 1.165) is 25.1 Å². The number of hydrogen-bond acceptors (Lipinski definition) is 4. The quantitative estimate of drug-likeness (QED) is 0.728. The molecule has 1 aromatic rings. The molecule has 1 rings (SSSR count). The molecule has 0 bridgehead atoms. The average Bonchev–Trinajstić information content (AvgIpc) is 2.17. The minimum absolute atomic E-state index is 0.475. The van der Waals surface area contributed by atoms with Crippen molar-refractivity contribution in [2.75, 3.05) is 12.3 Å². The highest BCUT2D eigenvalue weighted by atomic mass is 16.5. The second kappa shape index (κ2) is 5.42. The van der Waals surface area contributed by atoms with Crippen molar-refractivity contribution in [2.24, 2.45) is 0 Å². The number of rotatable bonds is 5. The Bertz CT molecular complexity index is 289. The fraction of sp³-hybridized carbons (Fsp3) is 0.600. The number of aromatic nitrogens is 2. The van der Waals surface area contributed by atoms with Crippen LogP contribution in [0.3, 0.4) is 0 Å². The van der Waals surface area contributed by atoms with Gasteiger partial charge in [0.2, 0.25) is 5.88 Å². The van der Waals surface area contributed by atoms with Crippen LogP contribution in [-0.2, 0) is 6.42 Å². The van der Waals surface area contributed by atoms with Crippen LogP contribution in [0.2, 0.25) is 0 Å². The Morgan fingerprint density at radius 3 is 2.79 bits per heavy atom. The number of anilines is 1. The molecule has 0 saturated carbocycles. The maximum absolute atomic E-state index is 5.61. The summed E-state index contributed by atoms with van der Waals surface area (Å²) in [5.41, 5.74) is 5.61. The zero-order valence-corrected chi connectivity index (χ0v) is 8.79. The average molecular weight is 195 g/mol. The van der Waals surface area contributed by atoms with Crippen LogP contribution in [0.4, 0.5) is 5.82 Å². The van der Waals surface area contributed by atoms with Gasteiger partial charge in [0.1, 0.15) is 11.6 Å². The van der Waals surface area contributed by atoms with E-state index in [2.05, 4.69) is 16.9 Å². The number of nitrogens with two attached hydrogens (primary N) is 1. The smallest absolute Gasteiger partial charge is 0.218 e. The first-order chi connectivity index (χ1) is 6.76. The van der Waals surface area contributed by atoms with Crippen molar-refractivity contribution in [1.29, 1.82) is 0 Å². The third-order valence-corrected chi connectivity index (χ3v) is 1.83. The van der Waals surface area contributed by atoms with E-state index in [1.807, 2.05) is 6.92 Å². The van der Waals surface area contributed by atoms with E-state index in [9.17, 15) is 0 Å². The van der Waals surface area contributed by atoms with Crippen molar-refractivity contribution in [1.82, 2.24) is 9.97 Å². The number of nitrogen functional groups attached to an aromatic ring is 1. The first-order valence-electron chi connectivity index (χ1n) is 5.02. The molecule has 0 radical (unpaired) electrons. The van der Waals surface area contributed by atoms with E-state index in [1.165, 1.54) is 0 Å². The molecule has 0 atom stereocenters. The molecule has 1 aromatic heterocycles. The Kier molecular flexibility index (Phi) is 4.16. The number of hydrogen-bond donors (Lipinski definition) is 1. The van der Waals surface area contributed by atoms with Crippen LogP contribution in [0.5, 0.6) is 5.88 Å². The highest BCUT2D eigenvalue weighted by Crippen LogP contribution is 2.11. The summed E-state index contributed by atoms with van der Waals surface area (Å²) in [5.74, 6) is 1.79. The topological polar surface area (TPSA) is 61.0 Å². The van der Waals surface area contributed by atoms with Gasteiger partial charge in [-0.2, -0.15) is 4.98 Å². The van der Waals surface area contributed by atoms with Gasteiger partial charge in [-0.05, 0) is 6.42 Å². The van der Waals surface area contributed by atoms with Crippen LogP contribution in [0.15, 0.2) is 6.07 Å². The number of ether oxygens (including phenoxy) is 1. The van der Waals surface area contributed by atoms with Crippen LogP contribution >= 0.6 is 0 Å². The van der Waals surface area contributed by atoms with E-state index in [0.29, 0.717) is 18.3 Å². The fourth-order valence-corrected chi connectivity index (χ4v) is 1.05. The summed E-state index contributed by atoms with van der Waals surface area (Å²) in [5, 5.41) is 0. The van der Waals surface area contributed by atoms with Crippen molar-refractivity contribution in [3.8, 4) is 5.88 Å². The second-order valence-electron chi connectivity index (χ2n) is 3.10. The first-order valence-corrected chi connectivity index (χ1v) is 5.02. The summed E-state index contributed by atoms with van der Waals surface area (Å²) < 4.78 is 5.44. The van der Waals surface area contributed by atoms with Gasteiger partial charge in [0.25, 0.3) is 0 Å². The van der Waals surface area contributed by atoms with Crippen molar-refractivity contribution < 1.29 is 4.74 Å². The zero-order chi connectivity index (χ0) is 10.4. The molecule has 0 unspecified atom stereocenters. The molecular formula is C10H17N3O. The molecule has 0 spiro atoms. The van der Waals surface area contributed by atoms with Crippen LogP contribution in [0, 0.1) is 0 Å². The minimum atomic E-state index is 0.475. The molecule has 0 aromatic carbocycles. The van der Waals surface area contributed by atoms with Gasteiger partial charge in [0.05, 0.1) is 6.61 Å². The predicted octanol–water partition coefficient (Wildman–Crippen LogP) is 1.80. The zero-order valence-electron chi connectivity index (χ0n) is 8.79. The molecule has 14 heavy (non-hydrogen) atoms. The van der Waals surface area contributed by atoms with Gasteiger partial charge in [-0.1, -0.05) is 20.3 Å². The largest absolute Gasteiger partial charge is 0.478 e. The molecule has 78 valence electrons. The van der Waals surface area contributed by atoms with Crippen LogP contribution < -0.4 is 10.5 Å². The molecule has 0 aliphatic heterocycles. The van der Waals surface area contributed by atoms with Crippen LogP contribution in [-0.4, -0.2) is 16.6 Å². The Hall–Kier alpha value is -1.32. The van der Waals surface area contributed by atoms with Gasteiger partial charge < -0.3 is 10.5 Å². The highest BCUT2D eigenvalue weighted by Gasteiger charge is 2.01. The molecule has 0 saturated heterocycles. The molecule has 2 N–H and O–H groups in total.